The molecule has 166 valence electrons. The van der Waals surface area contributed by atoms with Crippen LogP contribution in [0.15, 0.2) is 29.2 Å². The van der Waals surface area contributed by atoms with E-state index in [-0.39, 0.29) is 47.6 Å². The second-order valence-electron chi connectivity index (χ2n) is 8.44. The summed E-state index contributed by atoms with van der Waals surface area (Å²) in [6.07, 6.45) is 5.24. The quantitative estimate of drug-likeness (QED) is 0.740. The third-order valence-corrected chi connectivity index (χ3v) is 7.83. The van der Waals surface area contributed by atoms with Crippen LogP contribution < -0.4 is 4.74 Å². The van der Waals surface area contributed by atoms with E-state index in [1.165, 1.54) is 4.31 Å². The summed E-state index contributed by atoms with van der Waals surface area (Å²) in [6.45, 7) is 5.82. The molecule has 1 aromatic carbocycles. The Morgan fingerprint density at radius 1 is 1.40 bits per heavy atom. The predicted molar refractivity (Wildman–Crippen MR) is 116 cm³/mol. The summed E-state index contributed by atoms with van der Waals surface area (Å²) in [7, 11) is -2.07. The lowest BCUT2D eigenvalue weighted by molar-refractivity contribution is -0.132. The lowest BCUT2D eigenvalue weighted by atomic mass is 10.0. The van der Waals surface area contributed by atoms with Crippen molar-refractivity contribution in [2.45, 2.75) is 50.7 Å². The van der Waals surface area contributed by atoms with Crippen molar-refractivity contribution < 1.29 is 23.1 Å². The van der Waals surface area contributed by atoms with Gasteiger partial charge in [-0.1, -0.05) is 25.1 Å². The van der Waals surface area contributed by atoms with Crippen molar-refractivity contribution in [2.75, 3.05) is 26.7 Å². The molecule has 1 saturated carbocycles. The molecule has 1 amide bonds. The molecule has 1 fully saturated rings. The second-order valence-corrected chi connectivity index (χ2v) is 10.3. The summed E-state index contributed by atoms with van der Waals surface area (Å²) in [6, 6.07) is 4.46. The first-order valence-electron chi connectivity index (χ1n) is 10.5. The summed E-state index contributed by atoms with van der Waals surface area (Å²) < 4.78 is 34.4. The summed E-state index contributed by atoms with van der Waals surface area (Å²) in [5.74, 6) is 0.328. The van der Waals surface area contributed by atoms with E-state index in [1.807, 2.05) is 26.0 Å². The van der Waals surface area contributed by atoms with Gasteiger partial charge in [-0.15, -0.1) is 0 Å². The average Bonchev–Trinajstić information content (AvgIpc) is 3.55. The van der Waals surface area contributed by atoms with Gasteiger partial charge in [0.25, 0.3) is 0 Å². The molecule has 0 spiro atoms. The van der Waals surface area contributed by atoms with Crippen molar-refractivity contribution in [2.24, 2.45) is 11.8 Å². The van der Waals surface area contributed by atoms with Gasteiger partial charge in [0, 0.05) is 31.5 Å². The van der Waals surface area contributed by atoms with Gasteiger partial charge in [-0.2, -0.15) is 4.31 Å². The van der Waals surface area contributed by atoms with Crippen LogP contribution in [0.5, 0.6) is 5.75 Å². The number of hydrogen-bond donors (Lipinski definition) is 1. The Kier molecular flexibility index (Phi) is 6.89. The Balaban J connectivity index is 2.01. The van der Waals surface area contributed by atoms with E-state index >= 15 is 0 Å². The number of carbonyl (C=O) groups is 1. The Morgan fingerprint density at radius 2 is 2.10 bits per heavy atom. The van der Waals surface area contributed by atoms with Gasteiger partial charge in [-0.25, -0.2) is 8.42 Å². The summed E-state index contributed by atoms with van der Waals surface area (Å²) >= 11 is 0. The first kappa shape index (κ1) is 22.8. The van der Waals surface area contributed by atoms with E-state index in [4.69, 9.17) is 4.74 Å². The largest absolute Gasteiger partial charge is 0.487 e. The number of amides is 1. The van der Waals surface area contributed by atoms with Crippen LogP contribution in [0.1, 0.15) is 39.2 Å². The van der Waals surface area contributed by atoms with Crippen LogP contribution in [-0.2, 0) is 14.8 Å². The fourth-order valence-corrected chi connectivity index (χ4v) is 5.58. The highest BCUT2D eigenvalue weighted by Gasteiger charge is 2.39. The minimum atomic E-state index is -3.85. The van der Waals surface area contributed by atoms with E-state index in [9.17, 15) is 18.3 Å². The summed E-state index contributed by atoms with van der Waals surface area (Å²) in [5.41, 5.74) is 0.836. The normalized spacial score (nSPS) is 25.1. The molecule has 3 atom stereocenters. The van der Waals surface area contributed by atoms with Gasteiger partial charge in [0.15, 0.2) is 0 Å². The molecule has 30 heavy (non-hydrogen) atoms. The molecule has 1 aliphatic carbocycles. The smallest absolute Gasteiger partial charge is 0.247 e. The maximum absolute atomic E-state index is 13.4. The van der Waals surface area contributed by atoms with Crippen LogP contribution in [0.2, 0.25) is 0 Å². The molecule has 1 aliphatic heterocycles. The van der Waals surface area contributed by atoms with Crippen LogP contribution in [0.4, 0.5) is 0 Å². The number of nitrogens with zero attached hydrogens (tertiary/aromatic N) is 2. The molecule has 0 unspecified atom stereocenters. The maximum Gasteiger partial charge on any atom is 0.247 e. The third-order valence-electron chi connectivity index (χ3n) is 5.81. The number of allylic oxidation sites excluding steroid dienone is 1. The molecule has 1 heterocycles. The van der Waals surface area contributed by atoms with Gasteiger partial charge >= 0.3 is 0 Å². The molecule has 0 aromatic heterocycles. The van der Waals surface area contributed by atoms with Crippen molar-refractivity contribution in [3.63, 3.8) is 0 Å². The lowest BCUT2D eigenvalue weighted by Gasteiger charge is -2.37. The molecule has 1 aromatic rings. The van der Waals surface area contributed by atoms with E-state index < -0.39 is 16.1 Å². The van der Waals surface area contributed by atoms with Gasteiger partial charge in [0.2, 0.25) is 15.9 Å². The minimum Gasteiger partial charge on any atom is -0.487 e. The van der Waals surface area contributed by atoms with Crippen LogP contribution in [0.3, 0.4) is 0 Å². The van der Waals surface area contributed by atoms with Crippen LogP contribution in [0.25, 0.3) is 6.08 Å². The maximum atomic E-state index is 13.4. The number of benzene rings is 1. The first-order valence-corrected chi connectivity index (χ1v) is 11.9. The fraction of sp³-hybridized carbons (Fsp3) is 0.591. The zero-order valence-electron chi connectivity index (χ0n) is 18.1. The third kappa shape index (κ3) is 4.71. The zero-order valence-corrected chi connectivity index (χ0v) is 18.9. The van der Waals surface area contributed by atoms with Crippen molar-refractivity contribution >= 4 is 22.0 Å². The molecule has 2 aliphatic rings. The molecule has 3 rings (SSSR count). The van der Waals surface area contributed by atoms with Gasteiger partial charge in [0.05, 0.1) is 13.2 Å². The van der Waals surface area contributed by atoms with Crippen molar-refractivity contribution in [1.82, 2.24) is 9.21 Å². The number of aliphatic hydroxyl groups is 1. The van der Waals surface area contributed by atoms with E-state index in [0.717, 1.165) is 18.4 Å². The molecule has 0 bridgehead atoms. The number of ether oxygens (including phenoxy) is 1. The SMILES string of the molecule is C/C=C/c1ccc2c(c1)O[C@H](CN(C)C(=O)C1CC1)[C@@H](C)CN([C@H](C)CO)S2(=O)=O. The summed E-state index contributed by atoms with van der Waals surface area (Å²) in [5, 5.41) is 9.68. The molecular formula is C22H32N2O5S. The number of sulfonamides is 1. The molecule has 8 heteroatoms. The highest BCUT2D eigenvalue weighted by Crippen LogP contribution is 2.35. The number of fused-ring (bicyclic) bond motifs is 1. The first-order chi connectivity index (χ1) is 14.2. The molecule has 0 radical (unpaired) electrons. The monoisotopic (exact) mass is 436 g/mol. The Labute approximate surface area is 179 Å². The van der Waals surface area contributed by atoms with Gasteiger partial charge in [-0.05, 0) is 44.4 Å². The topological polar surface area (TPSA) is 87.2 Å². The van der Waals surface area contributed by atoms with Gasteiger partial charge < -0.3 is 14.7 Å². The van der Waals surface area contributed by atoms with Gasteiger partial charge in [-0.3, -0.25) is 4.79 Å². The molecule has 0 saturated heterocycles. The number of aliphatic hydroxyl groups excluding tert-OH is 1. The van der Waals surface area contributed by atoms with Crippen LogP contribution >= 0.6 is 0 Å². The molecular weight excluding hydrogens is 404 g/mol. The Bertz CT molecular complexity index is 910. The predicted octanol–water partition coefficient (Wildman–Crippen LogP) is 2.36. The van der Waals surface area contributed by atoms with Crippen molar-refractivity contribution in [3.8, 4) is 5.75 Å². The van der Waals surface area contributed by atoms with E-state index in [2.05, 4.69) is 0 Å². The highest BCUT2D eigenvalue weighted by atomic mass is 32.2. The second kappa shape index (κ2) is 9.08. The number of likely N-dealkylation sites (N-methyl/N-ethyl adjacent to an activating group) is 1. The fourth-order valence-electron chi connectivity index (χ4n) is 3.76. The average molecular weight is 437 g/mol. The minimum absolute atomic E-state index is 0.0872. The summed E-state index contributed by atoms with van der Waals surface area (Å²) in [4.78, 5) is 14.3. The van der Waals surface area contributed by atoms with E-state index in [0.29, 0.717) is 6.54 Å². The zero-order chi connectivity index (χ0) is 22.1. The van der Waals surface area contributed by atoms with Crippen LogP contribution in [-0.4, -0.2) is 67.5 Å². The van der Waals surface area contributed by atoms with Gasteiger partial charge in [0.1, 0.15) is 16.7 Å². The molecule has 7 nitrogen and oxygen atoms in total. The van der Waals surface area contributed by atoms with Crippen molar-refractivity contribution in [3.05, 3.63) is 29.8 Å². The molecule has 1 N–H and O–H groups in total. The Hall–Kier alpha value is -1.90. The Morgan fingerprint density at radius 3 is 2.70 bits per heavy atom. The highest BCUT2D eigenvalue weighted by molar-refractivity contribution is 7.89. The number of hydrogen-bond acceptors (Lipinski definition) is 5. The van der Waals surface area contributed by atoms with Crippen molar-refractivity contribution in [1.29, 1.82) is 0 Å². The van der Waals surface area contributed by atoms with E-state index in [1.54, 1.807) is 37.1 Å². The number of rotatable bonds is 6. The van der Waals surface area contributed by atoms with Crippen LogP contribution in [0, 0.1) is 11.8 Å². The lowest BCUT2D eigenvalue weighted by Crippen LogP contribution is -2.50. The number of carbonyl (C=O) groups excluding carboxylic acids is 1. The standard InChI is InChI=1S/C22H32N2O5S/c1-5-6-17-7-10-21-19(11-17)29-20(13-23(4)22(26)18-8-9-18)15(2)12-24(16(3)14-25)30(21,27)28/h5-7,10-11,15-16,18,20,25H,8-9,12-14H2,1-4H3/b6-5+/t15-,16+,20+/m0/s1.